The van der Waals surface area contributed by atoms with Gasteiger partial charge in [-0.3, -0.25) is 0 Å². The van der Waals surface area contributed by atoms with Crippen LogP contribution in [0.3, 0.4) is 0 Å². The standard InChI is InChI=1S/C14H17ClN2S/c1-9-3-4-11(7-12(9)15)17-13(8-16)14-10(2)5-6-18-14/h3-7,13,17H,8,16H2,1-2H3. The van der Waals surface area contributed by atoms with Gasteiger partial charge in [0.1, 0.15) is 0 Å². The maximum absolute atomic E-state index is 6.13. The highest BCUT2D eigenvalue weighted by atomic mass is 35.5. The molecule has 2 rings (SSSR count). The summed E-state index contributed by atoms with van der Waals surface area (Å²) in [5, 5.41) is 6.31. The van der Waals surface area contributed by atoms with Crippen LogP contribution in [-0.2, 0) is 0 Å². The molecule has 0 fully saturated rings. The molecule has 0 aliphatic rings. The summed E-state index contributed by atoms with van der Waals surface area (Å²) >= 11 is 7.86. The van der Waals surface area contributed by atoms with Crippen molar-refractivity contribution in [3.05, 3.63) is 50.7 Å². The molecule has 0 bridgehead atoms. The molecular weight excluding hydrogens is 264 g/mol. The van der Waals surface area contributed by atoms with Gasteiger partial charge in [-0.25, -0.2) is 0 Å². The largest absolute Gasteiger partial charge is 0.376 e. The minimum atomic E-state index is 0.142. The number of halogens is 1. The van der Waals surface area contributed by atoms with Crippen molar-refractivity contribution in [2.24, 2.45) is 5.73 Å². The van der Waals surface area contributed by atoms with Crippen LogP contribution in [0.15, 0.2) is 29.6 Å². The van der Waals surface area contributed by atoms with Crippen molar-refractivity contribution < 1.29 is 0 Å². The summed E-state index contributed by atoms with van der Waals surface area (Å²) in [7, 11) is 0. The van der Waals surface area contributed by atoms with Gasteiger partial charge in [-0.1, -0.05) is 17.7 Å². The number of thiophene rings is 1. The normalized spacial score (nSPS) is 12.4. The fourth-order valence-corrected chi connectivity index (χ4v) is 3.03. The van der Waals surface area contributed by atoms with Crippen LogP contribution in [0.4, 0.5) is 5.69 Å². The zero-order chi connectivity index (χ0) is 13.1. The monoisotopic (exact) mass is 280 g/mol. The van der Waals surface area contributed by atoms with Gasteiger partial charge in [0.15, 0.2) is 0 Å². The van der Waals surface area contributed by atoms with Gasteiger partial charge in [0.25, 0.3) is 0 Å². The Balaban J connectivity index is 2.20. The zero-order valence-electron chi connectivity index (χ0n) is 10.5. The number of nitrogens with two attached hydrogens (primary N) is 1. The fraction of sp³-hybridized carbons (Fsp3) is 0.286. The number of hydrogen-bond acceptors (Lipinski definition) is 3. The Morgan fingerprint density at radius 2 is 2.06 bits per heavy atom. The van der Waals surface area contributed by atoms with Crippen LogP contribution in [0.2, 0.25) is 5.02 Å². The highest BCUT2D eigenvalue weighted by molar-refractivity contribution is 7.10. The molecule has 0 spiro atoms. The van der Waals surface area contributed by atoms with Crippen molar-refractivity contribution in [1.29, 1.82) is 0 Å². The Kier molecular flexibility index (Phi) is 4.27. The van der Waals surface area contributed by atoms with Gasteiger partial charge in [-0.15, -0.1) is 11.3 Å². The highest BCUT2D eigenvalue weighted by Gasteiger charge is 2.13. The van der Waals surface area contributed by atoms with Crippen LogP contribution in [0.1, 0.15) is 22.0 Å². The van der Waals surface area contributed by atoms with E-state index in [0.717, 1.165) is 16.3 Å². The van der Waals surface area contributed by atoms with Crippen LogP contribution < -0.4 is 11.1 Å². The Bertz CT molecular complexity index is 536. The molecule has 1 aromatic carbocycles. The van der Waals surface area contributed by atoms with E-state index in [1.807, 2.05) is 25.1 Å². The van der Waals surface area contributed by atoms with Gasteiger partial charge in [-0.2, -0.15) is 0 Å². The van der Waals surface area contributed by atoms with Crippen LogP contribution in [0.25, 0.3) is 0 Å². The Morgan fingerprint density at radius 3 is 2.61 bits per heavy atom. The first-order valence-corrected chi connectivity index (χ1v) is 7.14. The van der Waals surface area contributed by atoms with Gasteiger partial charge >= 0.3 is 0 Å². The maximum atomic E-state index is 6.13. The molecule has 0 saturated heterocycles. The summed E-state index contributed by atoms with van der Waals surface area (Å²) in [6.07, 6.45) is 0. The first kappa shape index (κ1) is 13.4. The molecule has 2 aromatic rings. The lowest BCUT2D eigenvalue weighted by molar-refractivity contribution is 0.800. The first-order valence-electron chi connectivity index (χ1n) is 5.88. The molecule has 0 amide bonds. The average molecular weight is 281 g/mol. The van der Waals surface area contributed by atoms with E-state index >= 15 is 0 Å². The number of nitrogens with one attached hydrogen (secondary N) is 1. The second-order valence-electron chi connectivity index (χ2n) is 4.36. The minimum absolute atomic E-state index is 0.142. The third kappa shape index (κ3) is 2.86. The maximum Gasteiger partial charge on any atom is 0.0731 e. The second kappa shape index (κ2) is 5.74. The molecule has 18 heavy (non-hydrogen) atoms. The Labute approximate surface area is 117 Å². The van der Waals surface area contributed by atoms with Crippen molar-refractivity contribution in [1.82, 2.24) is 0 Å². The third-order valence-corrected chi connectivity index (χ3v) is 4.51. The van der Waals surface area contributed by atoms with Crippen LogP contribution in [0, 0.1) is 13.8 Å². The summed E-state index contributed by atoms with van der Waals surface area (Å²) in [5.74, 6) is 0. The van der Waals surface area contributed by atoms with E-state index < -0.39 is 0 Å². The lowest BCUT2D eigenvalue weighted by Gasteiger charge is -2.18. The summed E-state index contributed by atoms with van der Waals surface area (Å²) in [4.78, 5) is 1.29. The number of rotatable bonds is 4. The second-order valence-corrected chi connectivity index (χ2v) is 5.72. The lowest BCUT2D eigenvalue weighted by Crippen LogP contribution is -2.20. The molecule has 96 valence electrons. The van der Waals surface area contributed by atoms with Gasteiger partial charge in [-0.05, 0) is 48.6 Å². The molecule has 4 heteroatoms. The number of benzene rings is 1. The van der Waals surface area contributed by atoms with Crippen molar-refractivity contribution in [3.8, 4) is 0 Å². The molecule has 0 radical (unpaired) electrons. The third-order valence-electron chi connectivity index (χ3n) is 2.97. The molecule has 0 aliphatic heterocycles. The molecule has 1 atom stereocenters. The van der Waals surface area contributed by atoms with E-state index in [-0.39, 0.29) is 6.04 Å². The summed E-state index contributed by atoms with van der Waals surface area (Å²) in [5.41, 5.74) is 9.23. The van der Waals surface area contributed by atoms with Gasteiger partial charge in [0.2, 0.25) is 0 Å². The van der Waals surface area contributed by atoms with E-state index in [9.17, 15) is 0 Å². The smallest absolute Gasteiger partial charge is 0.0731 e. The summed E-state index contributed by atoms with van der Waals surface area (Å²) < 4.78 is 0. The molecule has 1 heterocycles. The number of anilines is 1. The van der Waals surface area contributed by atoms with E-state index in [2.05, 4.69) is 23.7 Å². The summed E-state index contributed by atoms with van der Waals surface area (Å²) in [6.45, 7) is 4.67. The van der Waals surface area contributed by atoms with E-state index in [0.29, 0.717) is 6.54 Å². The molecule has 1 aromatic heterocycles. The quantitative estimate of drug-likeness (QED) is 0.884. The van der Waals surface area contributed by atoms with Crippen molar-refractivity contribution in [2.75, 3.05) is 11.9 Å². The minimum Gasteiger partial charge on any atom is -0.376 e. The Hall–Kier alpha value is -1.03. The number of aryl methyl sites for hydroxylation is 2. The molecule has 0 aliphatic carbocycles. The molecule has 1 unspecified atom stereocenters. The predicted molar refractivity (Wildman–Crippen MR) is 80.7 cm³/mol. The van der Waals surface area contributed by atoms with Gasteiger partial charge < -0.3 is 11.1 Å². The Morgan fingerprint density at radius 1 is 1.28 bits per heavy atom. The van der Waals surface area contributed by atoms with E-state index in [1.54, 1.807) is 11.3 Å². The van der Waals surface area contributed by atoms with E-state index in [1.165, 1.54) is 10.4 Å². The zero-order valence-corrected chi connectivity index (χ0v) is 12.1. The lowest BCUT2D eigenvalue weighted by atomic mass is 10.1. The van der Waals surface area contributed by atoms with Crippen molar-refractivity contribution in [2.45, 2.75) is 19.9 Å². The van der Waals surface area contributed by atoms with Crippen LogP contribution in [0.5, 0.6) is 0 Å². The fourth-order valence-electron chi connectivity index (χ4n) is 1.86. The highest BCUT2D eigenvalue weighted by Crippen LogP contribution is 2.28. The summed E-state index contributed by atoms with van der Waals surface area (Å²) in [6, 6.07) is 8.25. The van der Waals surface area contributed by atoms with Gasteiger partial charge in [0, 0.05) is 22.1 Å². The molecule has 3 N–H and O–H groups in total. The van der Waals surface area contributed by atoms with E-state index in [4.69, 9.17) is 17.3 Å². The van der Waals surface area contributed by atoms with Crippen molar-refractivity contribution in [3.63, 3.8) is 0 Å². The first-order chi connectivity index (χ1) is 8.61. The van der Waals surface area contributed by atoms with Gasteiger partial charge in [0.05, 0.1) is 6.04 Å². The number of hydrogen-bond donors (Lipinski definition) is 2. The molecule has 0 saturated carbocycles. The predicted octanol–water partition coefficient (Wildman–Crippen LogP) is 4.13. The van der Waals surface area contributed by atoms with Crippen LogP contribution >= 0.6 is 22.9 Å². The molecule has 2 nitrogen and oxygen atoms in total. The van der Waals surface area contributed by atoms with Crippen molar-refractivity contribution >= 4 is 28.6 Å². The van der Waals surface area contributed by atoms with Crippen LogP contribution in [-0.4, -0.2) is 6.54 Å². The topological polar surface area (TPSA) is 38.0 Å². The SMILES string of the molecule is Cc1ccc(NC(CN)c2sccc2C)cc1Cl. The molecular formula is C14H17ClN2S. The average Bonchev–Trinajstić information content (AvgIpc) is 2.77.